The second-order valence-electron chi connectivity index (χ2n) is 5.34. The van der Waals surface area contributed by atoms with Gasteiger partial charge >= 0.3 is 0 Å². The predicted octanol–water partition coefficient (Wildman–Crippen LogP) is 4.22. The molecule has 0 saturated heterocycles. The summed E-state index contributed by atoms with van der Waals surface area (Å²) >= 11 is 2.40. The van der Waals surface area contributed by atoms with Crippen LogP contribution in [0.4, 0.5) is 17.1 Å². The molecule has 0 aliphatic heterocycles. The van der Waals surface area contributed by atoms with Crippen molar-refractivity contribution in [2.24, 2.45) is 0 Å². The molecule has 0 N–H and O–H groups in total. The van der Waals surface area contributed by atoms with Gasteiger partial charge in [-0.05, 0) is 5.56 Å². The molecule has 0 aliphatic rings. The van der Waals surface area contributed by atoms with Gasteiger partial charge in [0, 0.05) is 35.6 Å². The Morgan fingerprint density at radius 3 is 2.11 bits per heavy atom. The van der Waals surface area contributed by atoms with E-state index in [1.165, 1.54) is 47.4 Å². The molecule has 0 saturated carbocycles. The monoisotopic (exact) mass is 419 g/mol. The predicted molar refractivity (Wildman–Crippen MR) is 101 cm³/mol. The third-order valence-corrected chi connectivity index (χ3v) is 5.63. The Morgan fingerprint density at radius 2 is 1.50 bits per heavy atom. The zero-order chi connectivity index (χ0) is 20.3. The maximum atomic E-state index is 10.9. The van der Waals surface area contributed by atoms with E-state index in [0.717, 1.165) is 6.07 Å². The first-order valence-corrected chi connectivity index (χ1v) is 9.27. The molecular formula is C15H9N5O6S2. The molecule has 0 spiro atoms. The summed E-state index contributed by atoms with van der Waals surface area (Å²) in [6.45, 7) is 0. The lowest BCUT2D eigenvalue weighted by molar-refractivity contribution is -0.394. The normalized spacial score (nSPS) is 10.6. The lowest BCUT2D eigenvalue weighted by Crippen LogP contribution is -1.95. The van der Waals surface area contributed by atoms with Gasteiger partial charge in [-0.1, -0.05) is 35.2 Å². The minimum Gasteiger partial charge on any atom is -0.258 e. The van der Waals surface area contributed by atoms with Crippen LogP contribution >= 0.6 is 23.1 Å². The number of hydrogen-bond acceptors (Lipinski definition) is 10. The molecule has 0 bridgehead atoms. The molecule has 3 rings (SSSR count). The van der Waals surface area contributed by atoms with Gasteiger partial charge in [-0.15, -0.1) is 10.2 Å². The van der Waals surface area contributed by atoms with Gasteiger partial charge in [-0.3, -0.25) is 30.3 Å². The summed E-state index contributed by atoms with van der Waals surface area (Å²) in [5.74, 6) is 0.214. The van der Waals surface area contributed by atoms with Crippen LogP contribution in [0.25, 0.3) is 10.6 Å². The van der Waals surface area contributed by atoms with Crippen LogP contribution in [0.3, 0.4) is 0 Å². The summed E-state index contributed by atoms with van der Waals surface area (Å²) in [6.07, 6.45) is 0. The average Bonchev–Trinajstić information content (AvgIpc) is 3.15. The summed E-state index contributed by atoms with van der Waals surface area (Å²) in [5.41, 5.74) is 0.159. The topological polar surface area (TPSA) is 155 Å². The largest absolute Gasteiger partial charge is 0.276 e. The molecule has 3 aromatic rings. The van der Waals surface area contributed by atoms with Gasteiger partial charge in [0.1, 0.15) is 5.01 Å². The number of thioether (sulfide) groups is 1. The van der Waals surface area contributed by atoms with Crippen LogP contribution in [-0.2, 0) is 5.75 Å². The number of benzene rings is 2. The molecular weight excluding hydrogens is 410 g/mol. The summed E-state index contributed by atoms with van der Waals surface area (Å²) < 4.78 is 0.524. The summed E-state index contributed by atoms with van der Waals surface area (Å²) in [4.78, 5) is 30.9. The number of hydrogen-bond donors (Lipinski definition) is 0. The molecule has 1 aromatic heterocycles. The highest BCUT2D eigenvalue weighted by Gasteiger charge is 2.17. The lowest BCUT2D eigenvalue weighted by Gasteiger charge is -2.00. The van der Waals surface area contributed by atoms with Crippen LogP contribution in [0.5, 0.6) is 0 Å². The molecule has 2 aromatic carbocycles. The average molecular weight is 419 g/mol. The molecule has 11 nitrogen and oxygen atoms in total. The number of aromatic nitrogens is 2. The number of nitrogens with zero attached hydrogens (tertiary/aromatic N) is 5. The minimum absolute atomic E-state index is 0.0641. The van der Waals surface area contributed by atoms with Crippen LogP contribution in [0.2, 0.25) is 0 Å². The number of nitro groups is 3. The highest BCUT2D eigenvalue weighted by molar-refractivity contribution is 8.00. The molecule has 0 aliphatic carbocycles. The Balaban J connectivity index is 1.78. The first-order chi connectivity index (χ1) is 13.3. The van der Waals surface area contributed by atoms with E-state index in [0.29, 0.717) is 20.5 Å². The summed E-state index contributed by atoms with van der Waals surface area (Å²) in [7, 11) is 0. The molecule has 0 unspecified atom stereocenters. The quantitative estimate of drug-likeness (QED) is 0.311. The Labute approximate surface area is 164 Å². The molecule has 0 atom stereocenters. The molecule has 13 heteroatoms. The second-order valence-corrected chi connectivity index (χ2v) is 7.54. The van der Waals surface area contributed by atoms with E-state index in [-0.39, 0.29) is 22.8 Å². The Bertz CT molecular complexity index is 1050. The van der Waals surface area contributed by atoms with Crippen molar-refractivity contribution in [3.63, 3.8) is 0 Å². The van der Waals surface area contributed by atoms with Crippen molar-refractivity contribution in [2.45, 2.75) is 10.1 Å². The SMILES string of the molecule is O=[N+]([O-])c1cccc(-c2nnc(SCc3cc([N+](=O)[O-])cc([N+](=O)[O-])c3)s2)c1. The van der Waals surface area contributed by atoms with Crippen molar-refractivity contribution < 1.29 is 14.8 Å². The first-order valence-electron chi connectivity index (χ1n) is 7.47. The summed E-state index contributed by atoms with van der Waals surface area (Å²) in [6, 6.07) is 9.41. The van der Waals surface area contributed by atoms with E-state index in [9.17, 15) is 30.3 Å². The van der Waals surface area contributed by atoms with Crippen LogP contribution in [0.15, 0.2) is 46.8 Å². The molecule has 0 amide bonds. The van der Waals surface area contributed by atoms with Crippen LogP contribution in [0.1, 0.15) is 5.56 Å². The van der Waals surface area contributed by atoms with Crippen molar-refractivity contribution in [3.8, 4) is 10.6 Å². The maximum absolute atomic E-state index is 10.9. The van der Waals surface area contributed by atoms with Gasteiger partial charge in [0.2, 0.25) is 0 Å². The minimum atomic E-state index is -0.688. The Hall–Kier alpha value is -3.45. The van der Waals surface area contributed by atoms with E-state index in [4.69, 9.17) is 0 Å². The van der Waals surface area contributed by atoms with Gasteiger partial charge < -0.3 is 0 Å². The van der Waals surface area contributed by atoms with Crippen molar-refractivity contribution in [1.29, 1.82) is 0 Å². The molecule has 142 valence electrons. The van der Waals surface area contributed by atoms with Crippen molar-refractivity contribution >= 4 is 40.2 Å². The van der Waals surface area contributed by atoms with Crippen LogP contribution in [-0.4, -0.2) is 25.0 Å². The third-order valence-electron chi connectivity index (χ3n) is 3.46. The fourth-order valence-corrected chi connectivity index (χ4v) is 4.01. The molecule has 0 radical (unpaired) electrons. The second kappa shape index (κ2) is 8.06. The van der Waals surface area contributed by atoms with E-state index in [1.807, 2.05) is 0 Å². The van der Waals surface area contributed by atoms with E-state index < -0.39 is 14.8 Å². The standard InChI is InChI=1S/C15H9N5O6S2/c21-18(22)11-3-1-2-10(6-11)14-16-17-15(28-14)27-8-9-4-12(19(23)24)7-13(5-9)20(25)26/h1-7H,8H2. The highest BCUT2D eigenvalue weighted by Crippen LogP contribution is 2.33. The number of rotatable bonds is 7. The Kier molecular flexibility index (Phi) is 5.56. The number of non-ortho nitro benzene ring substituents is 3. The zero-order valence-electron chi connectivity index (χ0n) is 13.8. The van der Waals surface area contributed by atoms with Crippen molar-refractivity contribution in [1.82, 2.24) is 10.2 Å². The lowest BCUT2D eigenvalue weighted by atomic mass is 10.2. The van der Waals surface area contributed by atoms with Gasteiger partial charge in [-0.25, -0.2) is 0 Å². The maximum Gasteiger partial charge on any atom is 0.276 e. The van der Waals surface area contributed by atoms with Crippen molar-refractivity contribution in [3.05, 3.63) is 78.4 Å². The smallest absolute Gasteiger partial charge is 0.258 e. The van der Waals surface area contributed by atoms with E-state index in [1.54, 1.807) is 12.1 Å². The van der Waals surface area contributed by atoms with E-state index >= 15 is 0 Å². The van der Waals surface area contributed by atoms with Gasteiger partial charge in [0.15, 0.2) is 4.34 Å². The fourth-order valence-electron chi connectivity index (χ4n) is 2.23. The van der Waals surface area contributed by atoms with Gasteiger partial charge in [-0.2, -0.15) is 0 Å². The zero-order valence-corrected chi connectivity index (χ0v) is 15.4. The highest BCUT2D eigenvalue weighted by atomic mass is 32.2. The van der Waals surface area contributed by atoms with Gasteiger partial charge in [0.25, 0.3) is 17.1 Å². The molecule has 1 heterocycles. The third kappa shape index (κ3) is 4.44. The number of nitro benzene ring substituents is 3. The van der Waals surface area contributed by atoms with Crippen LogP contribution < -0.4 is 0 Å². The first kappa shape index (κ1) is 19.3. The van der Waals surface area contributed by atoms with E-state index in [2.05, 4.69) is 10.2 Å². The van der Waals surface area contributed by atoms with Crippen molar-refractivity contribution in [2.75, 3.05) is 0 Å². The van der Waals surface area contributed by atoms with Crippen LogP contribution in [0, 0.1) is 30.3 Å². The molecule has 28 heavy (non-hydrogen) atoms. The fraction of sp³-hybridized carbons (Fsp3) is 0.0667. The Morgan fingerprint density at radius 1 is 0.857 bits per heavy atom. The van der Waals surface area contributed by atoms with Gasteiger partial charge in [0.05, 0.1) is 20.8 Å². The molecule has 0 fully saturated rings. The summed E-state index contributed by atoms with van der Waals surface area (Å²) in [5, 5.41) is 41.2.